The molecule has 1 amide bonds. The molecule has 0 aliphatic carbocycles. The fraction of sp³-hybridized carbons (Fsp3) is 0.227. The molecule has 10 heteroatoms. The van der Waals surface area contributed by atoms with Gasteiger partial charge in [0, 0.05) is 54.6 Å². The maximum atomic E-state index is 12.8. The molecule has 1 aromatic heterocycles. The second-order valence-electron chi connectivity index (χ2n) is 13.7. The van der Waals surface area contributed by atoms with Gasteiger partial charge in [-0.2, -0.15) is 0 Å². The highest BCUT2D eigenvalue weighted by Crippen LogP contribution is 2.30. The Hall–Kier alpha value is -5.94. The Labute approximate surface area is 314 Å². The molecule has 0 radical (unpaired) electrons. The van der Waals surface area contributed by atoms with Crippen molar-refractivity contribution in [2.75, 3.05) is 36.8 Å². The maximum Gasteiger partial charge on any atom is 0.411 e. The first-order valence-electron chi connectivity index (χ1n) is 18.4. The molecular formula is C44H45N5O5. The van der Waals surface area contributed by atoms with Crippen LogP contribution in [0.4, 0.5) is 21.9 Å². The number of rotatable bonds is 13. The standard InChI is InChI=1S/C44H45N5O5/c50-40-20-18-37(38-19-21-42(52)48-43(38)40)41(51)28-45-25-22-30-10-14-33(15-11-30)46-34-16-12-31(13-17-34)29-49-26-23-35(24-27-49)54-44(53)47-39-9-5-4-8-36(39)32-6-2-1-3-7-32/h1-21,35,41,45-46,50-51H,22-29H2,(H,47,53)(H,48,52)/t41-/m1/s1. The number of aliphatic hydroxyl groups is 1. The number of carbonyl (C=O) groups is 1. The number of aromatic nitrogens is 1. The van der Waals surface area contributed by atoms with Gasteiger partial charge in [-0.25, -0.2) is 4.79 Å². The Bertz CT molecular complexity index is 2220. The molecule has 0 unspecified atom stereocenters. The maximum absolute atomic E-state index is 12.8. The Morgan fingerprint density at radius 1 is 0.815 bits per heavy atom. The fourth-order valence-electron chi connectivity index (χ4n) is 6.94. The number of aliphatic hydroxyl groups excluding tert-OH is 1. The number of nitrogens with one attached hydrogen (secondary N) is 4. The first-order valence-corrected chi connectivity index (χ1v) is 18.4. The van der Waals surface area contributed by atoms with Crippen LogP contribution in [-0.4, -0.2) is 58.5 Å². The van der Waals surface area contributed by atoms with Gasteiger partial charge in [0.2, 0.25) is 5.56 Å². The Morgan fingerprint density at radius 3 is 2.24 bits per heavy atom. The van der Waals surface area contributed by atoms with Gasteiger partial charge in [-0.05, 0) is 90.5 Å². The number of aromatic hydroxyl groups is 1. The van der Waals surface area contributed by atoms with E-state index in [2.05, 4.69) is 74.4 Å². The number of phenols is 1. The Balaban J connectivity index is 0.813. The summed E-state index contributed by atoms with van der Waals surface area (Å²) in [7, 11) is 0. The lowest BCUT2D eigenvalue weighted by Crippen LogP contribution is -2.38. The Kier molecular flexibility index (Phi) is 11.6. The number of nitrogens with zero attached hydrogens (tertiary/aromatic N) is 1. The van der Waals surface area contributed by atoms with Gasteiger partial charge in [-0.1, -0.05) is 78.9 Å². The predicted molar refractivity (Wildman–Crippen MR) is 214 cm³/mol. The number of ether oxygens (including phenoxy) is 1. The molecule has 10 nitrogen and oxygen atoms in total. The summed E-state index contributed by atoms with van der Waals surface area (Å²) in [6.07, 6.45) is 1.07. The molecule has 7 rings (SSSR count). The number of pyridine rings is 1. The van der Waals surface area contributed by atoms with Gasteiger partial charge in [0.1, 0.15) is 11.9 Å². The van der Waals surface area contributed by atoms with Gasteiger partial charge in [0.15, 0.2) is 0 Å². The van der Waals surface area contributed by atoms with E-state index in [0.717, 1.165) is 67.1 Å². The first-order chi connectivity index (χ1) is 26.4. The quantitative estimate of drug-likeness (QED) is 0.0667. The highest BCUT2D eigenvalue weighted by Gasteiger charge is 2.23. The lowest BCUT2D eigenvalue weighted by atomic mass is 10.0. The van der Waals surface area contributed by atoms with Gasteiger partial charge in [0.25, 0.3) is 0 Å². The van der Waals surface area contributed by atoms with Crippen LogP contribution in [0.15, 0.2) is 132 Å². The van der Waals surface area contributed by atoms with E-state index in [1.165, 1.54) is 23.3 Å². The van der Waals surface area contributed by atoms with E-state index in [0.29, 0.717) is 29.6 Å². The minimum absolute atomic E-state index is 0.0251. The van der Waals surface area contributed by atoms with Crippen molar-refractivity contribution in [3.05, 3.63) is 154 Å². The summed E-state index contributed by atoms with van der Waals surface area (Å²) in [4.78, 5) is 29.5. The molecule has 54 heavy (non-hydrogen) atoms. The van der Waals surface area contributed by atoms with Crippen LogP contribution in [0.2, 0.25) is 0 Å². The number of fused-ring (bicyclic) bond motifs is 1. The summed E-state index contributed by atoms with van der Waals surface area (Å²) in [5.41, 5.74) is 7.83. The van der Waals surface area contributed by atoms with Crippen LogP contribution in [0.1, 0.15) is 35.6 Å². The lowest BCUT2D eigenvalue weighted by Gasteiger charge is -2.31. The van der Waals surface area contributed by atoms with Crippen LogP contribution in [-0.2, 0) is 17.7 Å². The highest BCUT2D eigenvalue weighted by molar-refractivity contribution is 5.91. The number of para-hydroxylation sites is 1. The number of hydrogen-bond donors (Lipinski definition) is 6. The number of benzene rings is 5. The van der Waals surface area contributed by atoms with Gasteiger partial charge >= 0.3 is 6.09 Å². The van der Waals surface area contributed by atoms with Gasteiger partial charge in [-0.3, -0.25) is 15.0 Å². The topological polar surface area (TPSA) is 139 Å². The zero-order valence-corrected chi connectivity index (χ0v) is 30.0. The van der Waals surface area contributed by atoms with E-state index in [9.17, 15) is 19.8 Å². The molecule has 0 saturated carbocycles. The third-order valence-corrected chi connectivity index (χ3v) is 9.85. The molecule has 0 spiro atoms. The highest BCUT2D eigenvalue weighted by atomic mass is 16.6. The van der Waals surface area contributed by atoms with Crippen molar-refractivity contribution in [3.8, 4) is 16.9 Å². The molecule has 2 heterocycles. The summed E-state index contributed by atoms with van der Waals surface area (Å²) in [5, 5.41) is 31.3. The third kappa shape index (κ3) is 9.34. The van der Waals surface area contributed by atoms with E-state index >= 15 is 0 Å². The van der Waals surface area contributed by atoms with Crippen LogP contribution in [0.5, 0.6) is 5.75 Å². The second-order valence-corrected chi connectivity index (χ2v) is 13.7. The normalized spacial score (nSPS) is 14.1. The van der Waals surface area contributed by atoms with Crippen LogP contribution < -0.4 is 21.5 Å². The van der Waals surface area contributed by atoms with E-state index in [1.54, 1.807) is 12.1 Å². The Morgan fingerprint density at radius 2 is 1.50 bits per heavy atom. The number of likely N-dealkylation sites (tertiary alicyclic amines) is 1. The number of carbonyl (C=O) groups excluding carboxylic acids is 1. The van der Waals surface area contributed by atoms with Crippen molar-refractivity contribution in [2.24, 2.45) is 0 Å². The average molecular weight is 724 g/mol. The SMILES string of the molecule is O=C(Nc1ccccc1-c1ccccc1)OC1CCN(Cc2ccc(Nc3ccc(CCNC[C@@H](O)c4ccc(O)c5[nH]c(=O)ccc45)cc3)cc2)CC1. The van der Waals surface area contributed by atoms with Crippen molar-refractivity contribution in [1.82, 2.24) is 15.2 Å². The summed E-state index contributed by atoms with van der Waals surface area (Å²) in [6.45, 7) is 3.59. The monoisotopic (exact) mass is 723 g/mol. The molecule has 1 aliphatic heterocycles. The summed E-state index contributed by atoms with van der Waals surface area (Å²) >= 11 is 0. The minimum Gasteiger partial charge on any atom is -0.506 e. The molecule has 1 atom stereocenters. The number of phenolic OH excluding ortho intramolecular Hbond substituents is 1. The van der Waals surface area contributed by atoms with Gasteiger partial charge in [-0.15, -0.1) is 0 Å². The predicted octanol–water partition coefficient (Wildman–Crippen LogP) is 7.72. The van der Waals surface area contributed by atoms with Crippen LogP contribution in [0.25, 0.3) is 22.0 Å². The van der Waals surface area contributed by atoms with Crippen molar-refractivity contribution >= 4 is 34.1 Å². The van der Waals surface area contributed by atoms with Crippen LogP contribution >= 0.6 is 0 Å². The summed E-state index contributed by atoms with van der Waals surface area (Å²) in [6, 6.07) is 40.8. The average Bonchev–Trinajstić information content (AvgIpc) is 3.19. The largest absolute Gasteiger partial charge is 0.506 e. The van der Waals surface area contributed by atoms with Crippen LogP contribution in [0.3, 0.4) is 0 Å². The molecule has 5 aromatic carbocycles. The molecule has 276 valence electrons. The lowest BCUT2D eigenvalue weighted by molar-refractivity contribution is 0.0567. The smallest absolute Gasteiger partial charge is 0.411 e. The summed E-state index contributed by atoms with van der Waals surface area (Å²) < 4.78 is 5.82. The number of anilines is 3. The number of H-pyrrole nitrogens is 1. The number of amides is 1. The first kappa shape index (κ1) is 36.4. The van der Waals surface area contributed by atoms with Gasteiger partial charge in [0.05, 0.1) is 17.3 Å². The second kappa shape index (κ2) is 17.3. The zero-order valence-electron chi connectivity index (χ0n) is 30.0. The molecule has 0 bridgehead atoms. The number of piperidine rings is 1. The zero-order chi connectivity index (χ0) is 37.3. The summed E-state index contributed by atoms with van der Waals surface area (Å²) in [5.74, 6) is -0.0251. The van der Waals surface area contributed by atoms with Crippen LogP contribution in [0, 0.1) is 0 Å². The van der Waals surface area contributed by atoms with Crippen molar-refractivity contribution in [3.63, 3.8) is 0 Å². The van der Waals surface area contributed by atoms with E-state index < -0.39 is 12.2 Å². The van der Waals surface area contributed by atoms with E-state index in [-0.39, 0.29) is 17.4 Å². The van der Waals surface area contributed by atoms with Gasteiger partial charge < -0.3 is 30.6 Å². The molecule has 6 N–H and O–H groups in total. The van der Waals surface area contributed by atoms with Crippen molar-refractivity contribution in [1.29, 1.82) is 0 Å². The molecule has 6 aromatic rings. The van der Waals surface area contributed by atoms with Crippen molar-refractivity contribution < 1.29 is 19.7 Å². The van der Waals surface area contributed by atoms with E-state index in [4.69, 9.17) is 4.74 Å². The molecule has 1 aliphatic rings. The molecule has 1 saturated heterocycles. The fourth-order valence-corrected chi connectivity index (χ4v) is 6.94. The minimum atomic E-state index is -0.793. The molecular weight excluding hydrogens is 679 g/mol. The number of hydrogen-bond acceptors (Lipinski definition) is 8. The van der Waals surface area contributed by atoms with E-state index in [1.807, 2.05) is 54.6 Å². The van der Waals surface area contributed by atoms with Crippen molar-refractivity contribution in [2.45, 2.75) is 38.0 Å². The molecule has 1 fully saturated rings. The number of aromatic amines is 1. The third-order valence-electron chi connectivity index (χ3n) is 9.85.